The van der Waals surface area contributed by atoms with E-state index in [4.69, 9.17) is 5.11 Å². The van der Waals surface area contributed by atoms with Gasteiger partial charge in [0.15, 0.2) is 0 Å². The Bertz CT molecular complexity index is 390. The lowest BCUT2D eigenvalue weighted by molar-refractivity contribution is 0.0558. The van der Waals surface area contributed by atoms with Gasteiger partial charge >= 0.3 is 11.6 Å². The standard InChI is InChI=1S/C8H8O5/c1-4-3-5(7(10)12-2)13-8(11)6(4)9/h3,9H,1-2H3. The van der Waals surface area contributed by atoms with Gasteiger partial charge in [-0.2, -0.15) is 0 Å². The summed E-state index contributed by atoms with van der Waals surface area (Å²) in [6, 6.07) is 1.24. The summed E-state index contributed by atoms with van der Waals surface area (Å²) in [4.78, 5) is 21.7. The molecule has 0 radical (unpaired) electrons. The van der Waals surface area contributed by atoms with Crippen molar-refractivity contribution in [3.8, 4) is 5.75 Å². The molecule has 1 aromatic rings. The Hall–Kier alpha value is -1.78. The second kappa shape index (κ2) is 3.30. The Morgan fingerprint density at radius 1 is 1.62 bits per heavy atom. The molecule has 5 heteroatoms. The van der Waals surface area contributed by atoms with E-state index in [0.717, 1.165) is 0 Å². The highest BCUT2D eigenvalue weighted by Gasteiger charge is 2.13. The van der Waals surface area contributed by atoms with Gasteiger partial charge in [-0.05, 0) is 13.0 Å². The lowest BCUT2D eigenvalue weighted by Gasteiger charge is -1.99. The largest absolute Gasteiger partial charge is 0.502 e. The van der Waals surface area contributed by atoms with Crippen molar-refractivity contribution in [3.63, 3.8) is 0 Å². The Morgan fingerprint density at radius 2 is 2.23 bits per heavy atom. The van der Waals surface area contributed by atoms with Crippen LogP contribution >= 0.6 is 0 Å². The first kappa shape index (κ1) is 9.31. The quantitative estimate of drug-likeness (QED) is 0.641. The van der Waals surface area contributed by atoms with Crippen molar-refractivity contribution in [1.29, 1.82) is 0 Å². The highest BCUT2D eigenvalue weighted by Crippen LogP contribution is 2.11. The van der Waals surface area contributed by atoms with Gasteiger partial charge in [0.1, 0.15) is 0 Å². The summed E-state index contributed by atoms with van der Waals surface area (Å²) in [6.45, 7) is 1.48. The van der Waals surface area contributed by atoms with Crippen LogP contribution in [0.25, 0.3) is 0 Å². The van der Waals surface area contributed by atoms with Crippen LogP contribution in [0.15, 0.2) is 15.3 Å². The molecule has 0 saturated carbocycles. The molecule has 1 heterocycles. The first-order valence-corrected chi connectivity index (χ1v) is 3.48. The summed E-state index contributed by atoms with van der Waals surface area (Å²) in [5.41, 5.74) is -0.669. The van der Waals surface area contributed by atoms with Crippen LogP contribution in [0, 0.1) is 6.92 Å². The molecular formula is C8H8O5. The fourth-order valence-electron chi connectivity index (χ4n) is 0.805. The maximum atomic E-state index is 10.9. The Labute approximate surface area is 73.6 Å². The average molecular weight is 184 g/mol. The van der Waals surface area contributed by atoms with E-state index < -0.39 is 17.3 Å². The van der Waals surface area contributed by atoms with Crippen molar-refractivity contribution >= 4 is 5.97 Å². The van der Waals surface area contributed by atoms with E-state index in [1.807, 2.05) is 0 Å². The summed E-state index contributed by atoms with van der Waals surface area (Å²) in [6.07, 6.45) is 0. The lowest BCUT2D eigenvalue weighted by atomic mass is 10.2. The molecule has 0 fully saturated rings. The number of carbonyl (C=O) groups excluding carboxylic acids is 1. The van der Waals surface area contributed by atoms with Gasteiger partial charge in [-0.15, -0.1) is 0 Å². The molecule has 0 atom stereocenters. The molecule has 13 heavy (non-hydrogen) atoms. The lowest BCUT2D eigenvalue weighted by Crippen LogP contribution is -2.08. The zero-order valence-electron chi connectivity index (χ0n) is 7.16. The maximum Gasteiger partial charge on any atom is 0.379 e. The Balaban J connectivity index is 3.29. The van der Waals surface area contributed by atoms with Crippen LogP contribution < -0.4 is 5.63 Å². The second-order valence-electron chi connectivity index (χ2n) is 2.42. The number of hydrogen-bond acceptors (Lipinski definition) is 5. The summed E-state index contributed by atoms with van der Waals surface area (Å²) in [5.74, 6) is -1.46. The predicted molar refractivity (Wildman–Crippen MR) is 42.7 cm³/mol. The molecule has 0 spiro atoms. The van der Waals surface area contributed by atoms with Gasteiger partial charge in [0.05, 0.1) is 7.11 Å². The van der Waals surface area contributed by atoms with Gasteiger partial charge in [0, 0.05) is 5.56 Å². The van der Waals surface area contributed by atoms with Crippen LogP contribution in [0.1, 0.15) is 16.1 Å². The van der Waals surface area contributed by atoms with E-state index in [-0.39, 0.29) is 11.3 Å². The zero-order chi connectivity index (χ0) is 10.0. The minimum absolute atomic E-state index is 0.220. The summed E-state index contributed by atoms with van der Waals surface area (Å²) >= 11 is 0. The zero-order valence-corrected chi connectivity index (χ0v) is 7.16. The summed E-state index contributed by atoms with van der Waals surface area (Å²) in [5, 5.41) is 9.03. The van der Waals surface area contributed by atoms with Crippen molar-refractivity contribution < 1.29 is 19.1 Å². The number of ether oxygens (including phenoxy) is 1. The van der Waals surface area contributed by atoms with Crippen LogP contribution in [-0.2, 0) is 4.74 Å². The normalized spacial score (nSPS) is 9.69. The first-order valence-electron chi connectivity index (χ1n) is 3.48. The van der Waals surface area contributed by atoms with E-state index >= 15 is 0 Å². The topological polar surface area (TPSA) is 76.7 Å². The number of carbonyl (C=O) groups is 1. The minimum atomic E-state index is -0.944. The van der Waals surface area contributed by atoms with Gasteiger partial charge in [-0.3, -0.25) is 0 Å². The van der Waals surface area contributed by atoms with E-state index in [2.05, 4.69) is 9.15 Å². The van der Waals surface area contributed by atoms with Gasteiger partial charge in [-0.1, -0.05) is 0 Å². The molecular weight excluding hydrogens is 176 g/mol. The molecule has 0 aliphatic carbocycles. The summed E-state index contributed by atoms with van der Waals surface area (Å²) < 4.78 is 8.79. The predicted octanol–water partition coefficient (Wildman–Crippen LogP) is 0.440. The molecule has 1 rings (SSSR count). The van der Waals surface area contributed by atoms with E-state index in [9.17, 15) is 9.59 Å². The fourth-order valence-corrected chi connectivity index (χ4v) is 0.805. The summed E-state index contributed by atoms with van der Waals surface area (Å²) in [7, 11) is 1.17. The first-order chi connectivity index (χ1) is 6.06. The van der Waals surface area contributed by atoms with Gasteiger partial charge in [0.2, 0.25) is 11.5 Å². The number of esters is 1. The van der Waals surface area contributed by atoms with Crippen molar-refractivity contribution in [3.05, 3.63) is 27.8 Å². The number of aryl methyl sites for hydroxylation is 1. The number of methoxy groups -OCH3 is 1. The Morgan fingerprint density at radius 3 is 2.69 bits per heavy atom. The van der Waals surface area contributed by atoms with E-state index in [0.29, 0.717) is 0 Å². The highest BCUT2D eigenvalue weighted by molar-refractivity contribution is 5.86. The third kappa shape index (κ3) is 1.69. The molecule has 0 unspecified atom stereocenters. The van der Waals surface area contributed by atoms with Crippen LogP contribution in [-0.4, -0.2) is 18.2 Å². The van der Waals surface area contributed by atoms with Crippen molar-refractivity contribution in [2.24, 2.45) is 0 Å². The molecule has 1 N–H and O–H groups in total. The molecule has 70 valence electrons. The Kier molecular flexibility index (Phi) is 2.36. The molecule has 0 amide bonds. The van der Waals surface area contributed by atoms with Crippen LogP contribution in [0.2, 0.25) is 0 Å². The molecule has 0 saturated heterocycles. The molecule has 5 nitrogen and oxygen atoms in total. The van der Waals surface area contributed by atoms with Gasteiger partial charge < -0.3 is 14.3 Å². The van der Waals surface area contributed by atoms with Gasteiger partial charge in [0.25, 0.3) is 0 Å². The molecule has 0 aromatic carbocycles. The van der Waals surface area contributed by atoms with Crippen molar-refractivity contribution in [1.82, 2.24) is 0 Å². The third-order valence-electron chi connectivity index (χ3n) is 1.50. The monoisotopic (exact) mass is 184 g/mol. The van der Waals surface area contributed by atoms with E-state index in [1.165, 1.54) is 20.1 Å². The van der Waals surface area contributed by atoms with Crippen molar-refractivity contribution in [2.45, 2.75) is 6.92 Å². The number of rotatable bonds is 1. The average Bonchev–Trinajstić information content (AvgIpc) is 2.12. The van der Waals surface area contributed by atoms with Crippen LogP contribution in [0.3, 0.4) is 0 Å². The molecule has 0 aliphatic heterocycles. The van der Waals surface area contributed by atoms with Crippen LogP contribution in [0.4, 0.5) is 0 Å². The maximum absolute atomic E-state index is 10.9. The molecule has 0 bridgehead atoms. The molecule has 0 aliphatic rings. The fraction of sp³-hybridized carbons (Fsp3) is 0.250. The third-order valence-corrected chi connectivity index (χ3v) is 1.50. The molecule has 1 aromatic heterocycles. The smallest absolute Gasteiger partial charge is 0.379 e. The number of hydrogen-bond donors (Lipinski definition) is 1. The highest BCUT2D eigenvalue weighted by atomic mass is 16.5. The van der Waals surface area contributed by atoms with Crippen molar-refractivity contribution in [2.75, 3.05) is 7.11 Å². The second-order valence-corrected chi connectivity index (χ2v) is 2.42. The van der Waals surface area contributed by atoms with Crippen LogP contribution in [0.5, 0.6) is 5.75 Å². The minimum Gasteiger partial charge on any atom is -0.502 e. The number of aromatic hydroxyl groups is 1. The van der Waals surface area contributed by atoms with E-state index in [1.54, 1.807) is 0 Å². The SMILES string of the molecule is COC(=O)c1cc(C)c(O)c(=O)o1. The van der Waals surface area contributed by atoms with Gasteiger partial charge in [-0.25, -0.2) is 9.59 Å².